The molecule has 4 fully saturated rings. The van der Waals surface area contributed by atoms with Gasteiger partial charge in [0.2, 0.25) is 11.2 Å². The molecule has 4 aliphatic rings. The lowest BCUT2D eigenvalue weighted by molar-refractivity contribution is 0.0982. The van der Waals surface area contributed by atoms with Crippen molar-refractivity contribution in [1.82, 2.24) is 39.5 Å². The molecular weight excluding hydrogens is 1550 g/mol. The van der Waals surface area contributed by atoms with Gasteiger partial charge >= 0.3 is 0 Å². The molecule has 4 saturated heterocycles. The Morgan fingerprint density at radius 3 is 1.37 bits per heavy atom. The second kappa shape index (κ2) is 42.1. The van der Waals surface area contributed by atoms with Gasteiger partial charge in [-0.1, -0.05) is 141 Å². The van der Waals surface area contributed by atoms with Gasteiger partial charge < -0.3 is 65.0 Å². The number of piperazine rings is 2. The van der Waals surface area contributed by atoms with Crippen LogP contribution in [0.15, 0.2) is 163 Å². The van der Waals surface area contributed by atoms with Crippen molar-refractivity contribution in [3.05, 3.63) is 190 Å². The number of ether oxygens (including phenoxy) is 2. The second-order valence-corrected chi connectivity index (χ2v) is 38.5. The van der Waals surface area contributed by atoms with Gasteiger partial charge in [0.1, 0.15) is 35.8 Å². The minimum atomic E-state index is -4.02. The average molecular weight is 1660 g/mol. The molecule has 7 aromatic carbocycles. The first-order valence-electron chi connectivity index (χ1n) is 38.7. The lowest BCUT2D eigenvalue weighted by Gasteiger charge is -2.43. The highest BCUT2D eigenvalue weighted by Crippen LogP contribution is 2.44. The summed E-state index contributed by atoms with van der Waals surface area (Å²) in [7, 11) is -1.40. The van der Waals surface area contributed by atoms with E-state index in [1.54, 1.807) is 59.2 Å². The zero-order chi connectivity index (χ0) is 81.6. The number of unbranched alkanes of at least 4 members (excludes halogenated alkanes) is 1. The Balaban J connectivity index is 0.000000189. The van der Waals surface area contributed by atoms with E-state index in [2.05, 4.69) is 119 Å². The normalized spacial score (nSPS) is 15.5. The van der Waals surface area contributed by atoms with E-state index in [1.807, 2.05) is 104 Å². The molecule has 7 N–H and O–H groups in total. The molecule has 4 aliphatic heterocycles. The first kappa shape index (κ1) is 89.1. The fourth-order valence-electron chi connectivity index (χ4n) is 14.1. The summed E-state index contributed by atoms with van der Waals surface area (Å²) in [6.45, 7) is 29.4. The number of rotatable bonds is 21. The highest BCUT2D eigenvalue weighted by molar-refractivity contribution is 7.85. The summed E-state index contributed by atoms with van der Waals surface area (Å²) >= 11 is 18.6. The highest BCUT2D eigenvalue weighted by atomic mass is 35.5. The average Bonchev–Trinajstić information content (AvgIpc) is 0.802. The van der Waals surface area contributed by atoms with Crippen LogP contribution in [0.2, 0.25) is 15.3 Å². The van der Waals surface area contributed by atoms with Crippen LogP contribution in [0.1, 0.15) is 76.0 Å². The van der Waals surface area contributed by atoms with Crippen LogP contribution in [-0.2, 0) is 32.1 Å². The molecule has 608 valence electrons. The third-order valence-electron chi connectivity index (χ3n) is 20.7. The van der Waals surface area contributed by atoms with Crippen molar-refractivity contribution in [2.45, 2.75) is 96.0 Å². The molecular formula is C85H113Cl3N14O8P2S. The maximum atomic E-state index is 13.4. The molecule has 0 unspecified atom stereocenters. The molecule has 2 aromatic heterocycles. The summed E-state index contributed by atoms with van der Waals surface area (Å²) in [5.41, 5.74) is 19.2. The Hall–Kier alpha value is -7.86. The van der Waals surface area contributed by atoms with Gasteiger partial charge in [0, 0.05) is 131 Å². The molecule has 28 heteroatoms. The van der Waals surface area contributed by atoms with Crippen molar-refractivity contribution >= 4 is 122 Å². The number of nitrogens with two attached hydrogens (primary N) is 1. The molecule has 0 saturated carbocycles. The Bertz CT molecular complexity index is 4770. The number of nitrogens with zero attached hydrogens (tertiary/aromatic N) is 10. The minimum Gasteiger partial charge on any atom is -0.495 e. The molecule has 22 nitrogen and oxygen atoms in total. The number of halogens is 3. The fraction of sp³-hybridized carbons (Fsp3) is 0.412. The van der Waals surface area contributed by atoms with Crippen LogP contribution < -0.4 is 51.6 Å². The zero-order valence-electron chi connectivity index (χ0n) is 67.3. The number of aryl methyl sites for hydroxylation is 3. The molecule has 0 radical (unpaired) electrons. The lowest BCUT2D eigenvalue weighted by Crippen LogP contribution is -2.52. The van der Waals surface area contributed by atoms with Gasteiger partial charge in [-0.25, -0.2) is 9.97 Å². The van der Waals surface area contributed by atoms with Crippen LogP contribution in [0.5, 0.6) is 11.5 Å². The van der Waals surface area contributed by atoms with E-state index in [-0.39, 0.29) is 10.2 Å². The standard InChI is InChI=1S/C37H47ClN7O2P.C19H32N4O.C18H16Cl2N3OP.C7H8O3S.C4H10O/c1-6-26-22-32(34(47-3)24-33(26)45-16-14-29(15-17-45)44-20-18-43(2)19-21-44)41-37-39-25-30(38)36(42-37)40-31-13-12-28(23-35(31)48(4,5)46)27-10-8-7-9-11-27;1-4-15-13-17(20)19(24-3)14-18(15)23-7-5-16(6-8-23)22-11-9-21(2)10-12-22;1-25(2,24)16-10-13(12-6-4-3-5-7-12)8-9-15(16)22-17-14(19)11-21-18(20)23-17;1-6-2-4-7(5-3-6)11(8,9)10;1-2-3-4-5/h7-13,22-25,29H,6,14-21H2,1-5H3,(H2,39,40,41,42);13-14,16H,4-12,20H2,1-3H3;3-11H,1-2H3,(H,21,22,23);2-5H,1H3,(H,8,9,10);5H,2-4H2,1H3. The van der Waals surface area contributed by atoms with Crippen LogP contribution >= 0.6 is 49.1 Å². The zero-order valence-corrected chi connectivity index (χ0v) is 72.2. The molecule has 9 aromatic rings. The molecule has 0 aliphatic carbocycles. The molecule has 13 rings (SSSR count). The predicted octanol–water partition coefficient (Wildman–Crippen LogP) is 16.8. The molecule has 113 heavy (non-hydrogen) atoms. The number of anilines is 9. The largest absolute Gasteiger partial charge is 0.495 e. The number of aliphatic hydroxyl groups excluding tert-OH is 1. The van der Waals surface area contributed by atoms with Crippen LogP contribution in [0.4, 0.5) is 51.7 Å². The number of hydrogen-bond acceptors (Lipinski definition) is 21. The molecule has 0 bridgehead atoms. The monoisotopic (exact) mass is 1660 g/mol. The van der Waals surface area contributed by atoms with Crippen molar-refractivity contribution in [3.8, 4) is 33.8 Å². The highest BCUT2D eigenvalue weighted by Gasteiger charge is 2.31. The van der Waals surface area contributed by atoms with Crippen molar-refractivity contribution < 1.29 is 36.7 Å². The Morgan fingerprint density at radius 2 is 0.965 bits per heavy atom. The smallest absolute Gasteiger partial charge is 0.294 e. The van der Waals surface area contributed by atoms with Gasteiger partial charge in [-0.2, -0.15) is 18.4 Å². The van der Waals surface area contributed by atoms with Crippen LogP contribution in [0.3, 0.4) is 0 Å². The van der Waals surface area contributed by atoms with Crippen molar-refractivity contribution in [3.63, 3.8) is 0 Å². The third-order valence-corrected chi connectivity index (χ3v) is 25.4. The van der Waals surface area contributed by atoms with E-state index in [4.69, 9.17) is 64.7 Å². The summed E-state index contributed by atoms with van der Waals surface area (Å²) in [5, 5.41) is 20.2. The van der Waals surface area contributed by atoms with Gasteiger partial charge in [0.15, 0.2) is 11.6 Å². The van der Waals surface area contributed by atoms with Crippen LogP contribution in [0, 0.1) is 6.92 Å². The second-order valence-electron chi connectivity index (χ2n) is 29.6. The van der Waals surface area contributed by atoms with E-state index < -0.39 is 24.4 Å². The summed E-state index contributed by atoms with van der Waals surface area (Å²) in [6.07, 6.45) is 11.8. The molecule has 0 spiro atoms. The summed E-state index contributed by atoms with van der Waals surface area (Å²) in [4.78, 5) is 32.3. The van der Waals surface area contributed by atoms with E-state index in [0.717, 1.165) is 132 Å². The van der Waals surface area contributed by atoms with Gasteiger partial charge in [-0.15, -0.1) is 0 Å². The van der Waals surface area contributed by atoms with Gasteiger partial charge in [0.25, 0.3) is 10.1 Å². The number of aliphatic hydroxyl groups is 1. The minimum absolute atomic E-state index is 0.0666. The topological polar surface area (TPSA) is 260 Å². The quantitative estimate of drug-likeness (QED) is 0.0169. The third kappa shape index (κ3) is 25.6. The van der Waals surface area contributed by atoms with Gasteiger partial charge in [-0.05, 0) is 186 Å². The first-order chi connectivity index (χ1) is 54.0. The number of nitrogens with one attached hydrogen (secondary N) is 3. The SMILES string of the molecule is CCCCO.CCc1cc(N)c(OC)cc1N1CCC(N2CCN(C)CC2)CC1.CCc1cc(Nc2ncc(Cl)c(Nc3ccc(-c4ccccc4)cc3P(C)(C)=O)n2)c(OC)cc1N1CCC(N2CCN(C)CC2)CC1.CP(C)(=O)c1cc(-c2ccccc2)ccc1Nc1nc(Cl)ncc1Cl.Cc1ccc(S(=O)(=O)O)cc1. The summed E-state index contributed by atoms with van der Waals surface area (Å²) in [5.74, 6) is 2.70. The van der Waals surface area contributed by atoms with E-state index in [9.17, 15) is 17.5 Å². The number of nitrogen functional groups attached to an aromatic ring is 1. The van der Waals surface area contributed by atoms with Crippen molar-refractivity contribution in [1.29, 1.82) is 0 Å². The molecule has 0 amide bonds. The Labute approximate surface area is 684 Å². The van der Waals surface area contributed by atoms with E-state index >= 15 is 0 Å². The van der Waals surface area contributed by atoms with Gasteiger partial charge in [0.05, 0.1) is 54.3 Å². The summed E-state index contributed by atoms with van der Waals surface area (Å²) in [6, 6.07) is 47.6. The molecule has 6 heterocycles. The first-order valence-corrected chi connectivity index (χ1v) is 46.5. The van der Waals surface area contributed by atoms with Crippen molar-refractivity contribution in [2.24, 2.45) is 0 Å². The maximum absolute atomic E-state index is 13.4. The number of methoxy groups -OCH3 is 2. The number of hydrogen-bond donors (Lipinski definition) is 6. The molecule has 0 atom stereocenters. The van der Waals surface area contributed by atoms with Crippen LogP contribution in [0.25, 0.3) is 22.3 Å². The maximum Gasteiger partial charge on any atom is 0.294 e. The Morgan fingerprint density at radius 1 is 0.531 bits per heavy atom. The number of piperidine rings is 2. The number of likely N-dealkylation sites (N-methyl/N-ethyl adjacent to an activating group) is 2. The number of benzene rings is 7. The fourth-order valence-corrected chi connectivity index (χ4v) is 17.4. The predicted molar refractivity (Wildman–Crippen MR) is 472 cm³/mol. The van der Waals surface area contributed by atoms with E-state index in [1.165, 1.54) is 106 Å². The van der Waals surface area contributed by atoms with Crippen molar-refractivity contribution in [2.75, 3.05) is 172 Å². The lowest BCUT2D eigenvalue weighted by atomic mass is 9.99. The number of aromatic nitrogens is 4. The van der Waals surface area contributed by atoms with Gasteiger partial charge in [-0.3, -0.25) is 14.4 Å². The summed E-state index contributed by atoms with van der Waals surface area (Å²) < 4.78 is 67.2. The van der Waals surface area contributed by atoms with Crippen LogP contribution in [-0.4, -0.2) is 210 Å². The van der Waals surface area contributed by atoms with E-state index in [0.29, 0.717) is 51.7 Å². The Kier molecular flexibility index (Phi) is 33.2.